The number of aliphatic imine (C=N–C) groups is 1. The van der Waals surface area contributed by atoms with E-state index in [0.717, 1.165) is 25.2 Å². The minimum atomic E-state index is -0.121. The summed E-state index contributed by atoms with van der Waals surface area (Å²) in [6, 6.07) is 1.07. The average Bonchev–Trinajstić information content (AvgIpc) is 2.52. The van der Waals surface area contributed by atoms with Gasteiger partial charge in [0.2, 0.25) is 0 Å². The second kappa shape index (κ2) is 8.31. The zero-order valence-corrected chi connectivity index (χ0v) is 18.4. The Bertz CT molecular complexity index is 494. The summed E-state index contributed by atoms with van der Waals surface area (Å²) in [6.07, 6.45) is 16.4. The Morgan fingerprint density at radius 3 is 2.00 bits per heavy atom. The van der Waals surface area contributed by atoms with Gasteiger partial charge in [-0.15, -0.1) is 0 Å². The van der Waals surface area contributed by atoms with E-state index in [4.69, 9.17) is 10.7 Å². The van der Waals surface area contributed by atoms with Gasteiger partial charge in [0, 0.05) is 17.1 Å². The average molecular weight is 377 g/mol. The van der Waals surface area contributed by atoms with Crippen molar-refractivity contribution in [1.82, 2.24) is 10.6 Å². The standard InChI is InChI=1S/C23H44N4/c1-21(2)15-22(3,24)17-23(4,16-21)27-20(25-18-11-7-5-8-12-18)26-19-13-9-6-10-14-19/h18-19H,5-17,24H2,1-4H3,(H2,25,26,27). The van der Waals surface area contributed by atoms with Crippen LogP contribution in [0.2, 0.25) is 0 Å². The third kappa shape index (κ3) is 6.37. The molecule has 0 spiro atoms. The van der Waals surface area contributed by atoms with Crippen molar-refractivity contribution in [3.63, 3.8) is 0 Å². The second-order valence-corrected chi connectivity index (χ2v) is 11.3. The second-order valence-electron chi connectivity index (χ2n) is 11.3. The van der Waals surface area contributed by atoms with Crippen molar-refractivity contribution in [3.05, 3.63) is 0 Å². The number of nitrogens with one attached hydrogen (secondary N) is 2. The number of nitrogens with zero attached hydrogens (tertiary/aromatic N) is 1. The van der Waals surface area contributed by atoms with Crippen LogP contribution in [-0.2, 0) is 0 Å². The van der Waals surface area contributed by atoms with Gasteiger partial charge in [-0.3, -0.25) is 0 Å². The van der Waals surface area contributed by atoms with Crippen LogP contribution >= 0.6 is 0 Å². The molecule has 0 saturated heterocycles. The molecule has 0 radical (unpaired) electrons. The van der Waals surface area contributed by atoms with Crippen molar-refractivity contribution >= 4 is 5.96 Å². The SMILES string of the molecule is CC1(C)CC(C)(N)CC(C)(NC(=NC2CCCCC2)NC2CCCCC2)C1. The maximum Gasteiger partial charge on any atom is 0.192 e. The van der Waals surface area contributed by atoms with Gasteiger partial charge in [0.05, 0.1) is 6.04 Å². The Labute approximate surface area is 167 Å². The van der Waals surface area contributed by atoms with Crippen LogP contribution in [0.5, 0.6) is 0 Å². The molecule has 4 heteroatoms. The van der Waals surface area contributed by atoms with Crippen molar-refractivity contribution in [3.8, 4) is 0 Å². The lowest BCUT2D eigenvalue weighted by Gasteiger charge is -2.51. The van der Waals surface area contributed by atoms with E-state index in [1.807, 2.05) is 0 Å². The predicted octanol–water partition coefficient (Wildman–Crippen LogP) is 4.87. The lowest BCUT2D eigenvalue weighted by atomic mass is 9.62. The van der Waals surface area contributed by atoms with Gasteiger partial charge in [-0.25, -0.2) is 4.99 Å². The van der Waals surface area contributed by atoms with Crippen LogP contribution in [0.4, 0.5) is 0 Å². The first-order valence-electron chi connectivity index (χ1n) is 11.6. The molecule has 3 saturated carbocycles. The zero-order valence-electron chi connectivity index (χ0n) is 18.4. The molecule has 0 aliphatic heterocycles. The molecule has 0 amide bonds. The Balaban J connectivity index is 1.75. The van der Waals surface area contributed by atoms with Crippen molar-refractivity contribution in [2.75, 3.05) is 0 Å². The van der Waals surface area contributed by atoms with E-state index in [0.29, 0.717) is 12.1 Å². The van der Waals surface area contributed by atoms with Gasteiger partial charge in [-0.05, 0) is 64.2 Å². The molecule has 0 aromatic heterocycles. The molecule has 0 heterocycles. The van der Waals surface area contributed by atoms with E-state index in [2.05, 4.69) is 38.3 Å². The maximum atomic E-state index is 6.67. The minimum absolute atomic E-state index is 0.000414. The summed E-state index contributed by atoms with van der Waals surface area (Å²) in [5, 5.41) is 7.73. The van der Waals surface area contributed by atoms with Gasteiger partial charge in [0.1, 0.15) is 0 Å². The summed E-state index contributed by atoms with van der Waals surface area (Å²) in [7, 11) is 0. The Kier molecular flexibility index (Phi) is 6.45. The molecule has 4 nitrogen and oxygen atoms in total. The minimum Gasteiger partial charge on any atom is -0.354 e. The molecule has 2 unspecified atom stereocenters. The molecule has 0 aromatic rings. The highest BCUT2D eigenvalue weighted by Crippen LogP contribution is 2.44. The molecular weight excluding hydrogens is 332 g/mol. The molecule has 156 valence electrons. The lowest BCUT2D eigenvalue weighted by Crippen LogP contribution is -2.62. The highest BCUT2D eigenvalue weighted by Gasteiger charge is 2.45. The maximum absolute atomic E-state index is 6.67. The van der Waals surface area contributed by atoms with Gasteiger partial charge >= 0.3 is 0 Å². The van der Waals surface area contributed by atoms with E-state index < -0.39 is 0 Å². The first kappa shape index (κ1) is 21.0. The Morgan fingerprint density at radius 2 is 1.41 bits per heavy atom. The van der Waals surface area contributed by atoms with Gasteiger partial charge in [-0.1, -0.05) is 52.4 Å². The molecule has 3 rings (SSSR count). The fourth-order valence-corrected chi connectivity index (χ4v) is 6.54. The number of nitrogens with two attached hydrogens (primary N) is 1. The van der Waals surface area contributed by atoms with Crippen LogP contribution < -0.4 is 16.4 Å². The Morgan fingerprint density at radius 1 is 0.815 bits per heavy atom. The molecule has 27 heavy (non-hydrogen) atoms. The highest BCUT2D eigenvalue weighted by molar-refractivity contribution is 5.81. The fourth-order valence-electron chi connectivity index (χ4n) is 6.54. The summed E-state index contributed by atoms with van der Waals surface area (Å²) < 4.78 is 0. The summed E-state index contributed by atoms with van der Waals surface area (Å²) in [6.45, 7) is 9.31. The molecule has 3 aliphatic rings. The van der Waals surface area contributed by atoms with Crippen molar-refractivity contribution in [2.24, 2.45) is 16.1 Å². The summed E-state index contributed by atoms with van der Waals surface area (Å²) >= 11 is 0. The first-order chi connectivity index (χ1) is 12.6. The fraction of sp³-hybridized carbons (Fsp3) is 0.957. The van der Waals surface area contributed by atoms with E-state index in [1.165, 1.54) is 64.2 Å². The number of hydrogen-bond acceptors (Lipinski definition) is 2. The molecule has 2 atom stereocenters. The molecule has 3 aliphatic carbocycles. The molecule has 4 N–H and O–H groups in total. The third-order valence-corrected chi connectivity index (χ3v) is 6.80. The lowest BCUT2D eigenvalue weighted by molar-refractivity contribution is 0.0857. The third-order valence-electron chi connectivity index (χ3n) is 6.80. The van der Waals surface area contributed by atoms with Crippen LogP contribution in [0.1, 0.15) is 111 Å². The van der Waals surface area contributed by atoms with Crippen LogP contribution in [0.3, 0.4) is 0 Å². The van der Waals surface area contributed by atoms with E-state index in [1.54, 1.807) is 0 Å². The normalized spacial score (nSPS) is 36.4. The van der Waals surface area contributed by atoms with Crippen LogP contribution in [-0.4, -0.2) is 29.1 Å². The number of rotatable bonds is 3. The topological polar surface area (TPSA) is 62.4 Å². The van der Waals surface area contributed by atoms with Gasteiger partial charge in [0.15, 0.2) is 5.96 Å². The quantitative estimate of drug-likeness (QED) is 0.486. The first-order valence-corrected chi connectivity index (χ1v) is 11.6. The van der Waals surface area contributed by atoms with E-state index in [9.17, 15) is 0 Å². The van der Waals surface area contributed by atoms with Crippen LogP contribution in [0.25, 0.3) is 0 Å². The van der Waals surface area contributed by atoms with Gasteiger partial charge in [0.25, 0.3) is 0 Å². The Hall–Kier alpha value is -0.770. The van der Waals surface area contributed by atoms with Gasteiger partial charge < -0.3 is 16.4 Å². The number of hydrogen-bond donors (Lipinski definition) is 3. The summed E-state index contributed by atoms with van der Waals surface area (Å²) in [5.74, 6) is 1.06. The smallest absolute Gasteiger partial charge is 0.192 e. The number of guanidine groups is 1. The highest BCUT2D eigenvalue weighted by atomic mass is 15.2. The largest absolute Gasteiger partial charge is 0.354 e. The predicted molar refractivity (Wildman–Crippen MR) is 116 cm³/mol. The zero-order chi connectivity index (χ0) is 19.5. The van der Waals surface area contributed by atoms with E-state index in [-0.39, 0.29) is 16.5 Å². The van der Waals surface area contributed by atoms with Crippen molar-refractivity contribution < 1.29 is 0 Å². The summed E-state index contributed by atoms with van der Waals surface area (Å²) in [5.41, 5.74) is 6.81. The van der Waals surface area contributed by atoms with Gasteiger partial charge in [-0.2, -0.15) is 0 Å². The summed E-state index contributed by atoms with van der Waals surface area (Å²) in [4.78, 5) is 5.22. The van der Waals surface area contributed by atoms with Crippen LogP contribution in [0.15, 0.2) is 4.99 Å². The molecule has 0 bridgehead atoms. The van der Waals surface area contributed by atoms with Crippen molar-refractivity contribution in [2.45, 2.75) is 134 Å². The molecule has 0 aromatic carbocycles. The van der Waals surface area contributed by atoms with E-state index >= 15 is 0 Å². The van der Waals surface area contributed by atoms with Crippen molar-refractivity contribution in [1.29, 1.82) is 0 Å². The monoisotopic (exact) mass is 376 g/mol. The van der Waals surface area contributed by atoms with Crippen LogP contribution in [0, 0.1) is 5.41 Å². The molecule has 3 fully saturated rings. The molecular formula is C23H44N4.